The molecule has 0 unspecified atom stereocenters. The second-order valence-corrected chi connectivity index (χ2v) is 7.21. The summed E-state index contributed by atoms with van der Waals surface area (Å²) in [7, 11) is 4.64. The van der Waals surface area contributed by atoms with Crippen molar-refractivity contribution in [3.05, 3.63) is 46.4 Å². The number of ether oxygens (including phenoxy) is 3. The van der Waals surface area contributed by atoms with Gasteiger partial charge in [0.15, 0.2) is 23.1 Å². The molecule has 4 aromatic rings. The Kier molecular flexibility index (Phi) is 6.31. The summed E-state index contributed by atoms with van der Waals surface area (Å²) in [4.78, 5) is 8.79. The average Bonchev–Trinajstić information content (AvgIpc) is 3.27. The lowest BCUT2D eigenvalue weighted by atomic mass is 10.2. The van der Waals surface area contributed by atoms with Crippen molar-refractivity contribution in [2.75, 3.05) is 32.1 Å². The zero-order valence-corrected chi connectivity index (χ0v) is 18.9. The van der Waals surface area contributed by atoms with Crippen molar-refractivity contribution in [2.45, 2.75) is 0 Å². The third kappa shape index (κ3) is 4.54. The van der Waals surface area contributed by atoms with Crippen LogP contribution in [0.3, 0.4) is 0 Å². The van der Waals surface area contributed by atoms with Gasteiger partial charge in [0, 0.05) is 15.7 Å². The number of halogens is 1. The summed E-state index contributed by atoms with van der Waals surface area (Å²) >= 11 is 3.41. The van der Waals surface area contributed by atoms with Gasteiger partial charge in [0.1, 0.15) is 0 Å². The predicted molar refractivity (Wildman–Crippen MR) is 122 cm³/mol. The van der Waals surface area contributed by atoms with Crippen molar-refractivity contribution in [2.24, 2.45) is 5.10 Å². The zero-order valence-electron chi connectivity index (χ0n) is 17.3. The first-order valence-electron chi connectivity index (χ1n) is 9.23. The van der Waals surface area contributed by atoms with E-state index in [0.717, 1.165) is 10.2 Å². The summed E-state index contributed by atoms with van der Waals surface area (Å²) in [5.41, 5.74) is 4.91. The summed E-state index contributed by atoms with van der Waals surface area (Å²) in [6, 6.07) is 11.1. The fourth-order valence-electron chi connectivity index (χ4n) is 2.82. The zero-order chi connectivity index (χ0) is 22.5. The lowest BCUT2D eigenvalue weighted by Gasteiger charge is -2.12. The number of aromatic nitrogens is 4. The van der Waals surface area contributed by atoms with Gasteiger partial charge in [-0.25, -0.2) is 9.61 Å². The van der Waals surface area contributed by atoms with Crippen LogP contribution in [0.15, 0.2) is 50.6 Å². The molecule has 0 saturated carbocycles. The molecule has 0 aliphatic heterocycles. The van der Waals surface area contributed by atoms with E-state index in [9.17, 15) is 0 Å². The Morgan fingerprint density at radius 1 is 0.906 bits per heavy atom. The molecule has 2 aromatic carbocycles. The molecule has 0 aliphatic rings. The molecule has 0 radical (unpaired) electrons. The van der Waals surface area contributed by atoms with Gasteiger partial charge in [-0.2, -0.15) is 10.1 Å². The molecule has 4 rings (SSSR count). The first-order valence-corrected chi connectivity index (χ1v) is 10.0. The third-order valence-corrected chi connectivity index (χ3v) is 4.82. The standard InChI is InChI=1S/C20H18BrN7O4/c1-29-14-8-11(9-15(30-2)16(14)31-3)10-22-26-18-17(23-13-6-4-12(21)5-7-13)24-19-20(25-18)28-32-27-19/h4-10H,1-3H3,(H,23,24,27)(H,25,26,28)/b22-10+. The fraction of sp³-hybridized carbons (Fsp3) is 0.150. The van der Waals surface area contributed by atoms with Gasteiger partial charge in [0.05, 0.1) is 27.5 Å². The van der Waals surface area contributed by atoms with Crippen molar-refractivity contribution in [3.63, 3.8) is 0 Å². The van der Waals surface area contributed by atoms with Crippen LogP contribution in [0.25, 0.3) is 11.3 Å². The summed E-state index contributed by atoms with van der Waals surface area (Å²) in [5.74, 6) is 2.26. The summed E-state index contributed by atoms with van der Waals surface area (Å²) in [6.07, 6.45) is 1.58. The molecule has 0 saturated heterocycles. The molecule has 12 heteroatoms. The van der Waals surface area contributed by atoms with Gasteiger partial charge < -0.3 is 19.5 Å². The van der Waals surface area contributed by atoms with Crippen LogP contribution in [0.4, 0.5) is 17.3 Å². The van der Waals surface area contributed by atoms with E-state index in [0.29, 0.717) is 34.4 Å². The molecule has 32 heavy (non-hydrogen) atoms. The fourth-order valence-corrected chi connectivity index (χ4v) is 3.08. The van der Waals surface area contributed by atoms with Crippen LogP contribution in [-0.4, -0.2) is 47.8 Å². The Bertz CT molecular complexity index is 1240. The largest absolute Gasteiger partial charge is 0.493 e. The molecule has 0 atom stereocenters. The first-order chi connectivity index (χ1) is 15.6. The number of fused-ring (bicyclic) bond motifs is 1. The number of hydrazone groups is 1. The van der Waals surface area contributed by atoms with Crippen LogP contribution < -0.4 is 25.0 Å². The van der Waals surface area contributed by atoms with Crippen molar-refractivity contribution in [1.82, 2.24) is 20.3 Å². The van der Waals surface area contributed by atoms with Gasteiger partial charge in [-0.05, 0) is 46.7 Å². The van der Waals surface area contributed by atoms with Gasteiger partial charge in [0.25, 0.3) is 0 Å². The van der Waals surface area contributed by atoms with Crippen LogP contribution in [0.5, 0.6) is 17.2 Å². The van der Waals surface area contributed by atoms with E-state index in [1.807, 2.05) is 24.3 Å². The first kappa shape index (κ1) is 21.3. The highest BCUT2D eigenvalue weighted by Crippen LogP contribution is 2.37. The predicted octanol–water partition coefficient (Wildman–Crippen LogP) is 3.99. The van der Waals surface area contributed by atoms with Crippen LogP contribution in [-0.2, 0) is 0 Å². The van der Waals surface area contributed by atoms with Crippen LogP contribution in [0.1, 0.15) is 5.56 Å². The number of nitrogens with zero attached hydrogens (tertiary/aromatic N) is 5. The molecule has 0 spiro atoms. The third-order valence-electron chi connectivity index (χ3n) is 4.29. The average molecular weight is 500 g/mol. The highest BCUT2D eigenvalue weighted by atomic mass is 79.9. The molecule has 2 heterocycles. The Labute approximate surface area is 190 Å². The smallest absolute Gasteiger partial charge is 0.245 e. The molecule has 164 valence electrons. The van der Waals surface area contributed by atoms with E-state index in [-0.39, 0.29) is 11.3 Å². The monoisotopic (exact) mass is 499 g/mol. The van der Waals surface area contributed by atoms with Crippen LogP contribution in [0, 0.1) is 0 Å². The molecule has 0 fully saturated rings. The maximum absolute atomic E-state index is 5.37. The highest BCUT2D eigenvalue weighted by molar-refractivity contribution is 9.10. The van der Waals surface area contributed by atoms with Gasteiger partial charge in [0.2, 0.25) is 17.0 Å². The number of anilines is 3. The van der Waals surface area contributed by atoms with E-state index in [2.05, 4.69) is 52.1 Å². The quantitative estimate of drug-likeness (QED) is 0.271. The van der Waals surface area contributed by atoms with Gasteiger partial charge in [-0.15, -0.1) is 0 Å². The van der Waals surface area contributed by atoms with E-state index >= 15 is 0 Å². The van der Waals surface area contributed by atoms with Crippen molar-refractivity contribution >= 4 is 50.8 Å². The Hall–Kier alpha value is -3.93. The van der Waals surface area contributed by atoms with E-state index < -0.39 is 0 Å². The molecule has 2 aromatic heterocycles. The maximum atomic E-state index is 5.37. The van der Waals surface area contributed by atoms with Crippen molar-refractivity contribution < 1.29 is 18.8 Å². The van der Waals surface area contributed by atoms with E-state index in [4.69, 9.17) is 18.8 Å². The number of nitrogens with one attached hydrogen (secondary N) is 2. The molecule has 0 amide bonds. The minimum Gasteiger partial charge on any atom is -0.493 e. The number of hydrogen-bond donors (Lipinski definition) is 2. The van der Waals surface area contributed by atoms with Gasteiger partial charge in [-0.3, -0.25) is 5.43 Å². The lowest BCUT2D eigenvalue weighted by Crippen LogP contribution is -2.03. The maximum Gasteiger partial charge on any atom is 0.245 e. The van der Waals surface area contributed by atoms with E-state index in [1.165, 1.54) is 0 Å². The second-order valence-electron chi connectivity index (χ2n) is 6.29. The molecule has 0 bridgehead atoms. The lowest BCUT2D eigenvalue weighted by molar-refractivity contribution is 0.314. The summed E-state index contributed by atoms with van der Waals surface area (Å²) < 4.78 is 21.8. The second kappa shape index (κ2) is 9.47. The van der Waals surface area contributed by atoms with Crippen molar-refractivity contribution in [3.8, 4) is 17.2 Å². The summed E-state index contributed by atoms with van der Waals surface area (Å²) in [5, 5.41) is 14.9. The van der Waals surface area contributed by atoms with Crippen LogP contribution in [0.2, 0.25) is 0 Å². The summed E-state index contributed by atoms with van der Waals surface area (Å²) in [6.45, 7) is 0. The van der Waals surface area contributed by atoms with Crippen molar-refractivity contribution in [1.29, 1.82) is 0 Å². The normalized spacial score (nSPS) is 11.0. The van der Waals surface area contributed by atoms with E-state index in [1.54, 1.807) is 39.7 Å². The van der Waals surface area contributed by atoms with Gasteiger partial charge in [-0.1, -0.05) is 15.9 Å². The SMILES string of the molecule is COc1cc(/C=N/Nc2nc3nonc3nc2Nc2ccc(Br)cc2)cc(OC)c1OC. The molecule has 2 N–H and O–H groups in total. The van der Waals surface area contributed by atoms with Gasteiger partial charge >= 0.3 is 0 Å². The topological polar surface area (TPSA) is 129 Å². The van der Waals surface area contributed by atoms with Crippen LogP contribution >= 0.6 is 15.9 Å². The number of benzene rings is 2. The Morgan fingerprint density at radius 2 is 1.53 bits per heavy atom. The Balaban J connectivity index is 1.62. The molecular formula is C20H18BrN7O4. The minimum atomic E-state index is 0.247. The minimum absolute atomic E-state index is 0.247. The molecule has 11 nitrogen and oxygen atoms in total. The number of methoxy groups -OCH3 is 3. The Morgan fingerprint density at radius 3 is 2.12 bits per heavy atom. The molecule has 0 aliphatic carbocycles. The number of rotatable bonds is 8. The molecular weight excluding hydrogens is 482 g/mol. The highest BCUT2D eigenvalue weighted by Gasteiger charge is 2.14. The number of hydrogen-bond acceptors (Lipinski definition) is 11.